The monoisotopic (exact) mass is 421 g/mol. The van der Waals surface area contributed by atoms with Crippen molar-refractivity contribution in [1.29, 1.82) is 0 Å². The van der Waals surface area contributed by atoms with Gasteiger partial charge in [0.05, 0.1) is 12.7 Å². The summed E-state index contributed by atoms with van der Waals surface area (Å²) in [5, 5.41) is 9.68. The molecule has 0 aromatic heterocycles. The van der Waals surface area contributed by atoms with Gasteiger partial charge in [-0.3, -0.25) is 4.79 Å². The van der Waals surface area contributed by atoms with Gasteiger partial charge in [-0.1, -0.05) is 31.2 Å². The number of benzene rings is 2. The highest BCUT2D eigenvalue weighted by atomic mass is 16.5. The molecule has 1 saturated carbocycles. The lowest BCUT2D eigenvalue weighted by Gasteiger charge is -2.19. The number of ether oxygens (including phenoxy) is 1. The van der Waals surface area contributed by atoms with Crippen molar-refractivity contribution in [3.63, 3.8) is 0 Å². The minimum Gasteiger partial charge on any atom is -0.494 e. The minimum atomic E-state index is -0.373. The van der Waals surface area contributed by atoms with Crippen LogP contribution < -0.4 is 4.74 Å². The van der Waals surface area contributed by atoms with Gasteiger partial charge in [-0.15, -0.1) is 0 Å². The third-order valence-electron chi connectivity index (χ3n) is 7.05. The maximum absolute atomic E-state index is 12.6. The van der Waals surface area contributed by atoms with E-state index in [1.54, 1.807) is 4.90 Å². The predicted octanol–water partition coefficient (Wildman–Crippen LogP) is 5.37. The number of aliphatic hydroxyl groups excluding tert-OH is 1. The highest BCUT2D eigenvalue weighted by Gasteiger charge is 2.28. The standard InChI is InChI=1S/C27H35NO3/c1-3-31-26-6-4-5-23(17-26)19(2)15-20-7-8-24(16-20)21-9-11-22(12-10-21)27(30)28-14-13-25(29)18-28/h4-6,9-12,17,19-20,24-25,29H,3,7-8,13-16,18H2,1-2H3/t19-,20+,24+,25-/m0/s1. The lowest BCUT2D eigenvalue weighted by atomic mass is 9.88. The molecule has 166 valence electrons. The first-order valence-corrected chi connectivity index (χ1v) is 11.8. The van der Waals surface area contributed by atoms with Crippen LogP contribution in [0.1, 0.15) is 79.3 Å². The lowest BCUT2D eigenvalue weighted by molar-refractivity contribution is 0.0765. The number of carbonyl (C=O) groups is 1. The summed E-state index contributed by atoms with van der Waals surface area (Å²) in [5.74, 6) is 2.86. The van der Waals surface area contributed by atoms with E-state index in [0.29, 0.717) is 38.0 Å². The number of hydrogen-bond donors (Lipinski definition) is 1. The van der Waals surface area contributed by atoms with Crippen LogP contribution in [-0.2, 0) is 0 Å². The van der Waals surface area contributed by atoms with Gasteiger partial charge in [0.25, 0.3) is 5.91 Å². The summed E-state index contributed by atoms with van der Waals surface area (Å²) in [4.78, 5) is 14.4. The minimum absolute atomic E-state index is 0.0375. The molecule has 2 aliphatic rings. The summed E-state index contributed by atoms with van der Waals surface area (Å²) in [7, 11) is 0. The molecule has 0 bridgehead atoms. The topological polar surface area (TPSA) is 49.8 Å². The van der Waals surface area contributed by atoms with E-state index >= 15 is 0 Å². The summed E-state index contributed by atoms with van der Waals surface area (Å²) < 4.78 is 5.67. The number of rotatable bonds is 7. The molecule has 2 aromatic carbocycles. The van der Waals surface area contributed by atoms with Gasteiger partial charge in [0.2, 0.25) is 0 Å². The van der Waals surface area contributed by atoms with E-state index < -0.39 is 0 Å². The first-order valence-electron chi connectivity index (χ1n) is 11.8. The summed E-state index contributed by atoms with van der Waals surface area (Å²) in [6.45, 7) is 6.16. The molecule has 4 rings (SSSR count). The van der Waals surface area contributed by atoms with E-state index in [0.717, 1.165) is 17.2 Å². The van der Waals surface area contributed by atoms with Crippen LogP contribution in [0, 0.1) is 5.92 Å². The molecular formula is C27H35NO3. The van der Waals surface area contributed by atoms with E-state index in [1.807, 2.05) is 25.1 Å². The molecule has 1 N–H and O–H groups in total. The maximum Gasteiger partial charge on any atom is 0.253 e. The van der Waals surface area contributed by atoms with Crippen LogP contribution in [0.2, 0.25) is 0 Å². The SMILES string of the molecule is CCOc1cccc([C@@H](C)C[C@H]2CC[C@@H](c3ccc(C(=O)N4CC[C@H](O)C4)cc3)C2)c1. The van der Waals surface area contributed by atoms with E-state index in [1.165, 1.54) is 36.8 Å². The zero-order valence-corrected chi connectivity index (χ0v) is 18.8. The fraction of sp³-hybridized carbons (Fsp3) is 0.519. The van der Waals surface area contributed by atoms with Crippen LogP contribution in [0.4, 0.5) is 0 Å². The second-order valence-electron chi connectivity index (χ2n) is 9.33. The molecule has 4 heteroatoms. The van der Waals surface area contributed by atoms with E-state index in [2.05, 4.69) is 37.3 Å². The average Bonchev–Trinajstić information content (AvgIpc) is 3.43. The number of amides is 1. The largest absolute Gasteiger partial charge is 0.494 e. The molecule has 1 aliphatic heterocycles. The van der Waals surface area contributed by atoms with Gasteiger partial charge < -0.3 is 14.7 Å². The Bertz CT molecular complexity index is 878. The van der Waals surface area contributed by atoms with Gasteiger partial charge >= 0.3 is 0 Å². The summed E-state index contributed by atoms with van der Waals surface area (Å²) >= 11 is 0. The average molecular weight is 422 g/mol. The summed E-state index contributed by atoms with van der Waals surface area (Å²) in [6.07, 6.45) is 5.24. The molecule has 4 atom stereocenters. The normalized spacial score (nSPS) is 24.4. The second-order valence-corrected chi connectivity index (χ2v) is 9.33. The zero-order chi connectivity index (χ0) is 21.8. The molecule has 4 nitrogen and oxygen atoms in total. The molecule has 2 fully saturated rings. The van der Waals surface area contributed by atoms with Crippen LogP contribution in [0.15, 0.2) is 48.5 Å². The van der Waals surface area contributed by atoms with Crippen LogP contribution >= 0.6 is 0 Å². The Kier molecular flexibility index (Phi) is 6.96. The molecule has 1 amide bonds. The van der Waals surface area contributed by atoms with Crippen LogP contribution in [-0.4, -0.2) is 41.7 Å². The quantitative estimate of drug-likeness (QED) is 0.654. The fourth-order valence-corrected chi connectivity index (χ4v) is 5.31. The predicted molar refractivity (Wildman–Crippen MR) is 124 cm³/mol. The van der Waals surface area contributed by atoms with Crippen molar-refractivity contribution in [3.8, 4) is 5.75 Å². The zero-order valence-electron chi connectivity index (χ0n) is 18.8. The summed E-state index contributed by atoms with van der Waals surface area (Å²) in [6, 6.07) is 16.8. The fourth-order valence-electron chi connectivity index (χ4n) is 5.31. The molecular weight excluding hydrogens is 386 g/mol. The van der Waals surface area contributed by atoms with E-state index in [9.17, 15) is 9.90 Å². The van der Waals surface area contributed by atoms with Gasteiger partial charge in [0.15, 0.2) is 0 Å². The van der Waals surface area contributed by atoms with Gasteiger partial charge in [0.1, 0.15) is 5.75 Å². The first kappa shape index (κ1) is 21.9. The van der Waals surface area contributed by atoms with Gasteiger partial charge in [-0.05, 0) is 92.2 Å². The van der Waals surface area contributed by atoms with Gasteiger partial charge in [-0.25, -0.2) is 0 Å². The van der Waals surface area contributed by atoms with Gasteiger partial charge in [-0.2, -0.15) is 0 Å². The third kappa shape index (κ3) is 5.30. The van der Waals surface area contributed by atoms with Crippen molar-refractivity contribution in [2.24, 2.45) is 5.92 Å². The Labute approximate surface area is 186 Å². The van der Waals surface area contributed by atoms with E-state index in [-0.39, 0.29) is 12.0 Å². The van der Waals surface area contributed by atoms with Crippen molar-refractivity contribution < 1.29 is 14.6 Å². The highest BCUT2D eigenvalue weighted by molar-refractivity contribution is 5.94. The molecule has 0 radical (unpaired) electrons. The van der Waals surface area contributed by atoms with Crippen LogP contribution in [0.5, 0.6) is 5.75 Å². The Morgan fingerprint density at radius 2 is 1.97 bits per heavy atom. The van der Waals surface area contributed by atoms with Crippen LogP contribution in [0.25, 0.3) is 0 Å². The number of aliphatic hydroxyl groups is 1. The third-order valence-corrected chi connectivity index (χ3v) is 7.05. The lowest BCUT2D eigenvalue weighted by Crippen LogP contribution is -2.29. The number of hydrogen-bond acceptors (Lipinski definition) is 3. The van der Waals surface area contributed by atoms with Crippen molar-refractivity contribution in [2.75, 3.05) is 19.7 Å². The molecule has 1 saturated heterocycles. The van der Waals surface area contributed by atoms with Crippen molar-refractivity contribution in [2.45, 2.75) is 63.9 Å². The molecule has 0 unspecified atom stereocenters. The maximum atomic E-state index is 12.6. The number of carbonyl (C=O) groups excluding carboxylic acids is 1. The Hall–Kier alpha value is -2.33. The molecule has 1 heterocycles. The number of β-amino-alcohol motifs (C(OH)–C–C–N with tert-alkyl or cyclic N) is 1. The van der Waals surface area contributed by atoms with Gasteiger partial charge in [0, 0.05) is 18.7 Å². The Morgan fingerprint density at radius 1 is 1.16 bits per heavy atom. The Balaban J connectivity index is 1.32. The summed E-state index contributed by atoms with van der Waals surface area (Å²) in [5.41, 5.74) is 3.45. The highest BCUT2D eigenvalue weighted by Crippen LogP contribution is 2.42. The van der Waals surface area contributed by atoms with Crippen LogP contribution in [0.3, 0.4) is 0 Å². The van der Waals surface area contributed by atoms with Crippen molar-refractivity contribution >= 4 is 5.91 Å². The molecule has 2 aromatic rings. The smallest absolute Gasteiger partial charge is 0.253 e. The van der Waals surface area contributed by atoms with Crippen molar-refractivity contribution in [1.82, 2.24) is 4.90 Å². The number of nitrogens with zero attached hydrogens (tertiary/aromatic N) is 1. The molecule has 31 heavy (non-hydrogen) atoms. The molecule has 1 aliphatic carbocycles. The second kappa shape index (κ2) is 9.86. The van der Waals surface area contributed by atoms with Crippen molar-refractivity contribution in [3.05, 3.63) is 65.2 Å². The first-order chi connectivity index (χ1) is 15.0. The van der Waals surface area contributed by atoms with E-state index in [4.69, 9.17) is 4.74 Å². The molecule has 0 spiro atoms. The Morgan fingerprint density at radius 3 is 2.68 bits per heavy atom. The number of likely N-dealkylation sites (tertiary alicyclic amines) is 1.